The summed E-state index contributed by atoms with van der Waals surface area (Å²) >= 11 is 0. The molecule has 0 aromatic heterocycles. The van der Waals surface area contributed by atoms with Gasteiger partial charge in [0.2, 0.25) is 0 Å². The molecular weight excluding hydrogens is 265 g/mol. The summed E-state index contributed by atoms with van der Waals surface area (Å²) in [7, 11) is 0. The summed E-state index contributed by atoms with van der Waals surface area (Å²) in [6, 6.07) is 16.7. The van der Waals surface area contributed by atoms with Crippen LogP contribution >= 0.6 is 0 Å². The van der Waals surface area contributed by atoms with E-state index in [1.807, 2.05) is 42.5 Å². The summed E-state index contributed by atoms with van der Waals surface area (Å²) in [4.78, 5) is 0. The van der Waals surface area contributed by atoms with Gasteiger partial charge in [-0.25, -0.2) is 4.39 Å². The van der Waals surface area contributed by atoms with E-state index in [0.717, 1.165) is 24.2 Å². The van der Waals surface area contributed by atoms with Gasteiger partial charge in [0.05, 0.1) is 6.61 Å². The van der Waals surface area contributed by atoms with Crippen LogP contribution in [0, 0.1) is 11.7 Å². The molecular formula is C18H22FNO. The molecule has 0 saturated carbocycles. The van der Waals surface area contributed by atoms with Crippen LogP contribution in [0.15, 0.2) is 54.6 Å². The first kappa shape index (κ1) is 15.5. The molecule has 0 spiro atoms. The molecule has 0 amide bonds. The number of ether oxygens (including phenoxy) is 1. The van der Waals surface area contributed by atoms with Crippen LogP contribution in [0.25, 0.3) is 0 Å². The minimum Gasteiger partial charge on any atom is -0.494 e. The molecule has 3 heteroatoms. The lowest BCUT2D eigenvalue weighted by Crippen LogP contribution is -2.18. The predicted octanol–water partition coefficient (Wildman–Crippen LogP) is 3.80. The van der Waals surface area contributed by atoms with E-state index in [0.29, 0.717) is 25.5 Å². The number of halogens is 1. The van der Waals surface area contributed by atoms with Crippen LogP contribution in [-0.2, 0) is 6.42 Å². The van der Waals surface area contributed by atoms with Crippen molar-refractivity contribution in [1.82, 2.24) is 0 Å². The fourth-order valence-electron chi connectivity index (χ4n) is 2.36. The fourth-order valence-corrected chi connectivity index (χ4v) is 2.36. The third-order valence-electron chi connectivity index (χ3n) is 3.57. The summed E-state index contributed by atoms with van der Waals surface area (Å²) in [5.41, 5.74) is 6.55. The van der Waals surface area contributed by atoms with Gasteiger partial charge in [0.15, 0.2) is 0 Å². The minimum atomic E-state index is -0.142. The second kappa shape index (κ2) is 8.42. The molecule has 0 bridgehead atoms. The smallest absolute Gasteiger partial charge is 0.126 e. The normalized spacial score (nSPS) is 12.1. The number of rotatable bonds is 8. The lowest BCUT2D eigenvalue weighted by Gasteiger charge is -2.15. The third kappa shape index (κ3) is 5.20. The van der Waals surface area contributed by atoms with Gasteiger partial charge in [-0.2, -0.15) is 0 Å². The van der Waals surface area contributed by atoms with E-state index >= 15 is 0 Å². The highest BCUT2D eigenvalue weighted by atomic mass is 19.1. The van der Waals surface area contributed by atoms with Gasteiger partial charge in [-0.3, -0.25) is 0 Å². The maximum atomic E-state index is 13.6. The van der Waals surface area contributed by atoms with Crippen molar-refractivity contribution in [2.75, 3.05) is 13.2 Å². The molecule has 0 heterocycles. The maximum absolute atomic E-state index is 13.6. The molecule has 0 saturated heterocycles. The predicted molar refractivity (Wildman–Crippen MR) is 83.8 cm³/mol. The lowest BCUT2D eigenvalue weighted by molar-refractivity contribution is 0.292. The van der Waals surface area contributed by atoms with Gasteiger partial charge in [0.25, 0.3) is 0 Å². The number of hydrogen-bond acceptors (Lipinski definition) is 2. The molecule has 112 valence electrons. The van der Waals surface area contributed by atoms with Crippen LogP contribution in [0.2, 0.25) is 0 Å². The molecule has 2 aromatic rings. The molecule has 0 radical (unpaired) electrons. The van der Waals surface area contributed by atoms with Gasteiger partial charge < -0.3 is 10.5 Å². The van der Waals surface area contributed by atoms with Crippen LogP contribution in [0.3, 0.4) is 0 Å². The third-order valence-corrected chi connectivity index (χ3v) is 3.57. The molecule has 2 nitrogen and oxygen atoms in total. The van der Waals surface area contributed by atoms with Crippen molar-refractivity contribution in [2.45, 2.75) is 19.3 Å². The van der Waals surface area contributed by atoms with Crippen LogP contribution in [0.5, 0.6) is 5.75 Å². The Kier molecular flexibility index (Phi) is 6.22. The zero-order chi connectivity index (χ0) is 14.9. The first-order valence-corrected chi connectivity index (χ1v) is 7.41. The maximum Gasteiger partial charge on any atom is 0.126 e. The zero-order valence-corrected chi connectivity index (χ0v) is 12.2. The van der Waals surface area contributed by atoms with Gasteiger partial charge in [-0.15, -0.1) is 0 Å². The van der Waals surface area contributed by atoms with Gasteiger partial charge in [0, 0.05) is 0 Å². The van der Waals surface area contributed by atoms with Crippen LogP contribution in [0.4, 0.5) is 4.39 Å². The second-order valence-electron chi connectivity index (χ2n) is 5.20. The largest absolute Gasteiger partial charge is 0.494 e. The summed E-state index contributed by atoms with van der Waals surface area (Å²) in [6.07, 6.45) is 2.55. The Labute approximate surface area is 125 Å². The quantitative estimate of drug-likeness (QED) is 0.749. The van der Waals surface area contributed by atoms with E-state index in [1.54, 1.807) is 6.07 Å². The van der Waals surface area contributed by atoms with Crippen LogP contribution in [0.1, 0.15) is 18.4 Å². The Morgan fingerprint density at radius 2 is 1.71 bits per heavy atom. The molecule has 0 fully saturated rings. The van der Waals surface area contributed by atoms with E-state index in [2.05, 4.69) is 0 Å². The fraction of sp³-hybridized carbons (Fsp3) is 0.333. The summed E-state index contributed by atoms with van der Waals surface area (Å²) < 4.78 is 19.3. The van der Waals surface area contributed by atoms with Gasteiger partial charge in [0.1, 0.15) is 11.6 Å². The van der Waals surface area contributed by atoms with Crippen molar-refractivity contribution in [3.8, 4) is 5.75 Å². The SMILES string of the molecule is NCC(CCCOc1ccccc1)Cc1ccccc1F. The average molecular weight is 287 g/mol. The zero-order valence-electron chi connectivity index (χ0n) is 12.2. The Bertz CT molecular complexity index is 530. The topological polar surface area (TPSA) is 35.2 Å². The van der Waals surface area contributed by atoms with Crippen molar-refractivity contribution >= 4 is 0 Å². The van der Waals surface area contributed by atoms with E-state index in [-0.39, 0.29) is 5.82 Å². The Balaban J connectivity index is 1.74. The summed E-state index contributed by atoms with van der Waals surface area (Å²) in [5, 5.41) is 0. The van der Waals surface area contributed by atoms with Gasteiger partial charge in [-0.1, -0.05) is 36.4 Å². The van der Waals surface area contributed by atoms with E-state index < -0.39 is 0 Å². The van der Waals surface area contributed by atoms with Crippen molar-refractivity contribution < 1.29 is 9.13 Å². The summed E-state index contributed by atoms with van der Waals surface area (Å²) in [5.74, 6) is 1.04. The van der Waals surface area contributed by atoms with Crippen molar-refractivity contribution in [1.29, 1.82) is 0 Å². The number of nitrogens with two attached hydrogens (primary N) is 1. The minimum absolute atomic E-state index is 0.142. The Hall–Kier alpha value is -1.87. The Morgan fingerprint density at radius 3 is 2.43 bits per heavy atom. The highest BCUT2D eigenvalue weighted by molar-refractivity contribution is 5.21. The highest BCUT2D eigenvalue weighted by Crippen LogP contribution is 2.16. The molecule has 0 aliphatic carbocycles. The van der Waals surface area contributed by atoms with Crippen LogP contribution < -0.4 is 10.5 Å². The summed E-state index contributed by atoms with van der Waals surface area (Å²) in [6.45, 7) is 1.23. The lowest BCUT2D eigenvalue weighted by atomic mass is 9.95. The van der Waals surface area contributed by atoms with Crippen molar-refractivity contribution in [2.24, 2.45) is 11.7 Å². The van der Waals surface area contributed by atoms with Crippen LogP contribution in [-0.4, -0.2) is 13.2 Å². The standard InChI is InChI=1S/C18H22FNO/c19-18-11-5-4-8-16(18)13-15(14-20)7-6-12-21-17-9-2-1-3-10-17/h1-5,8-11,15H,6-7,12-14,20H2. The molecule has 2 N–H and O–H groups in total. The number of para-hydroxylation sites is 1. The Morgan fingerprint density at radius 1 is 1.00 bits per heavy atom. The first-order valence-electron chi connectivity index (χ1n) is 7.41. The average Bonchev–Trinajstić information content (AvgIpc) is 2.53. The van der Waals surface area contributed by atoms with Gasteiger partial charge >= 0.3 is 0 Å². The second-order valence-corrected chi connectivity index (χ2v) is 5.20. The number of hydrogen-bond donors (Lipinski definition) is 1. The molecule has 0 aliphatic heterocycles. The molecule has 1 unspecified atom stereocenters. The molecule has 1 atom stereocenters. The molecule has 21 heavy (non-hydrogen) atoms. The van der Waals surface area contributed by atoms with Crippen molar-refractivity contribution in [3.05, 3.63) is 66.0 Å². The monoisotopic (exact) mass is 287 g/mol. The first-order chi connectivity index (χ1) is 10.3. The van der Waals surface area contributed by atoms with Gasteiger partial charge in [-0.05, 0) is 55.5 Å². The molecule has 2 aromatic carbocycles. The number of benzene rings is 2. The molecule has 2 rings (SSSR count). The van der Waals surface area contributed by atoms with Crippen molar-refractivity contribution in [3.63, 3.8) is 0 Å². The van der Waals surface area contributed by atoms with E-state index in [1.165, 1.54) is 6.07 Å². The highest BCUT2D eigenvalue weighted by Gasteiger charge is 2.10. The molecule has 0 aliphatic rings. The van der Waals surface area contributed by atoms with E-state index in [9.17, 15) is 4.39 Å². The van der Waals surface area contributed by atoms with E-state index in [4.69, 9.17) is 10.5 Å².